The fraction of sp³-hybridized carbons (Fsp3) is 0.562. The van der Waals surface area contributed by atoms with E-state index in [1.54, 1.807) is 0 Å². The molecular formula is C16H20FN3. The monoisotopic (exact) mass is 273 g/mol. The van der Waals surface area contributed by atoms with Gasteiger partial charge in [-0.25, -0.2) is 4.39 Å². The molecule has 4 heteroatoms. The van der Waals surface area contributed by atoms with Crippen molar-refractivity contribution in [2.75, 3.05) is 18.0 Å². The summed E-state index contributed by atoms with van der Waals surface area (Å²) < 4.78 is 14.2. The second kappa shape index (κ2) is 5.06. The summed E-state index contributed by atoms with van der Waals surface area (Å²) in [5, 5.41) is 12.7. The van der Waals surface area contributed by atoms with E-state index in [0.29, 0.717) is 18.0 Å². The van der Waals surface area contributed by atoms with Crippen molar-refractivity contribution < 1.29 is 4.39 Å². The zero-order valence-corrected chi connectivity index (χ0v) is 12.0. The minimum Gasteiger partial charge on any atom is -0.364 e. The van der Waals surface area contributed by atoms with Crippen molar-refractivity contribution in [3.8, 4) is 6.07 Å². The molecule has 1 aromatic carbocycles. The Morgan fingerprint density at radius 2 is 2.30 bits per heavy atom. The first kappa shape index (κ1) is 13.4. The zero-order chi connectivity index (χ0) is 14.3. The third-order valence-corrected chi connectivity index (χ3v) is 4.25. The van der Waals surface area contributed by atoms with Gasteiger partial charge in [-0.1, -0.05) is 13.8 Å². The van der Waals surface area contributed by atoms with E-state index >= 15 is 0 Å². The number of hydrogen-bond donors (Lipinski definition) is 1. The van der Waals surface area contributed by atoms with Crippen molar-refractivity contribution in [2.45, 2.75) is 38.8 Å². The van der Waals surface area contributed by atoms with Gasteiger partial charge in [0.05, 0.1) is 5.69 Å². The standard InChI is InChI=1S/C16H20FN3/c1-10(2)3-11-4-15(17)14(7-18)16(5-11)20-9-12-6-13(20)8-19-12/h4-5,10,12-13,19H,3,6,8-9H2,1-2H3. The highest BCUT2D eigenvalue weighted by Gasteiger charge is 2.38. The number of nitrogens with zero attached hydrogens (tertiary/aromatic N) is 2. The van der Waals surface area contributed by atoms with E-state index in [-0.39, 0.29) is 11.4 Å². The van der Waals surface area contributed by atoms with Gasteiger partial charge >= 0.3 is 0 Å². The summed E-state index contributed by atoms with van der Waals surface area (Å²) in [5.41, 5.74) is 1.98. The van der Waals surface area contributed by atoms with Crippen LogP contribution < -0.4 is 10.2 Å². The maximum Gasteiger partial charge on any atom is 0.143 e. The van der Waals surface area contributed by atoms with Crippen molar-refractivity contribution in [2.24, 2.45) is 5.92 Å². The maximum absolute atomic E-state index is 14.2. The van der Waals surface area contributed by atoms with Crippen molar-refractivity contribution in [1.82, 2.24) is 5.32 Å². The summed E-state index contributed by atoms with van der Waals surface area (Å²) >= 11 is 0. The van der Waals surface area contributed by atoms with Gasteiger partial charge in [0.1, 0.15) is 17.4 Å². The van der Waals surface area contributed by atoms with Crippen LogP contribution in [0.3, 0.4) is 0 Å². The van der Waals surface area contributed by atoms with Crippen LogP contribution in [0.1, 0.15) is 31.4 Å². The summed E-state index contributed by atoms with van der Waals surface area (Å²) in [6, 6.07) is 6.48. The Hall–Kier alpha value is -1.60. The molecule has 20 heavy (non-hydrogen) atoms. The molecule has 2 aliphatic heterocycles. The van der Waals surface area contributed by atoms with Gasteiger partial charge in [0.15, 0.2) is 0 Å². The van der Waals surface area contributed by atoms with Gasteiger partial charge < -0.3 is 10.2 Å². The van der Waals surface area contributed by atoms with E-state index in [2.05, 4.69) is 24.1 Å². The van der Waals surface area contributed by atoms with Crippen LogP contribution in [0.2, 0.25) is 0 Å². The summed E-state index contributed by atoms with van der Waals surface area (Å²) in [7, 11) is 0. The SMILES string of the molecule is CC(C)Cc1cc(F)c(C#N)c(N2CC3CC2CN3)c1. The van der Waals surface area contributed by atoms with E-state index < -0.39 is 0 Å². The molecule has 0 aromatic heterocycles. The van der Waals surface area contributed by atoms with Crippen molar-refractivity contribution >= 4 is 5.69 Å². The Balaban J connectivity index is 1.99. The lowest BCUT2D eigenvalue weighted by Gasteiger charge is -2.30. The van der Waals surface area contributed by atoms with Crippen LogP contribution in [0, 0.1) is 23.1 Å². The van der Waals surface area contributed by atoms with E-state index in [0.717, 1.165) is 37.2 Å². The highest BCUT2D eigenvalue weighted by molar-refractivity contribution is 5.63. The fourth-order valence-corrected chi connectivity index (χ4v) is 3.43. The predicted molar refractivity (Wildman–Crippen MR) is 77.2 cm³/mol. The van der Waals surface area contributed by atoms with Crippen LogP contribution in [0.25, 0.3) is 0 Å². The molecule has 2 fully saturated rings. The first-order valence-electron chi connectivity index (χ1n) is 7.31. The summed E-state index contributed by atoms with van der Waals surface area (Å²) in [5.74, 6) is 0.100. The molecule has 0 radical (unpaired) electrons. The van der Waals surface area contributed by atoms with Gasteiger partial charge in [-0.2, -0.15) is 5.26 Å². The molecule has 0 aliphatic carbocycles. The molecule has 0 saturated carbocycles. The fourth-order valence-electron chi connectivity index (χ4n) is 3.43. The van der Waals surface area contributed by atoms with Crippen molar-refractivity contribution in [3.05, 3.63) is 29.1 Å². The van der Waals surface area contributed by atoms with Crippen LogP contribution in [0.4, 0.5) is 10.1 Å². The van der Waals surface area contributed by atoms with E-state index in [9.17, 15) is 9.65 Å². The van der Waals surface area contributed by atoms with Crippen LogP contribution in [0.15, 0.2) is 12.1 Å². The number of rotatable bonds is 3. The van der Waals surface area contributed by atoms with Crippen LogP contribution in [-0.2, 0) is 6.42 Å². The lowest BCUT2D eigenvalue weighted by Crippen LogP contribution is -2.44. The number of fused-ring (bicyclic) bond motifs is 2. The average molecular weight is 273 g/mol. The maximum atomic E-state index is 14.2. The summed E-state index contributed by atoms with van der Waals surface area (Å²) in [4.78, 5) is 2.21. The zero-order valence-electron chi connectivity index (χ0n) is 12.0. The lowest BCUT2D eigenvalue weighted by atomic mass is 9.99. The van der Waals surface area contributed by atoms with Gasteiger partial charge in [-0.3, -0.25) is 0 Å². The van der Waals surface area contributed by atoms with E-state index in [1.165, 1.54) is 6.07 Å². The smallest absolute Gasteiger partial charge is 0.143 e. The van der Waals surface area contributed by atoms with Gasteiger partial charge in [0, 0.05) is 25.2 Å². The molecular weight excluding hydrogens is 253 g/mol. The Bertz CT molecular complexity index is 562. The molecule has 106 valence electrons. The summed E-state index contributed by atoms with van der Waals surface area (Å²) in [6.45, 7) is 6.06. The highest BCUT2D eigenvalue weighted by Crippen LogP contribution is 2.34. The van der Waals surface area contributed by atoms with E-state index in [1.807, 2.05) is 12.1 Å². The number of hydrogen-bond acceptors (Lipinski definition) is 3. The minimum absolute atomic E-state index is 0.199. The Labute approximate surface area is 119 Å². The second-order valence-electron chi connectivity index (χ2n) is 6.33. The average Bonchev–Trinajstić information content (AvgIpc) is 2.99. The second-order valence-corrected chi connectivity index (χ2v) is 6.33. The molecule has 2 atom stereocenters. The Kier molecular flexibility index (Phi) is 3.39. The molecule has 2 aliphatic rings. The first-order chi connectivity index (χ1) is 9.58. The minimum atomic E-state index is -0.378. The van der Waals surface area contributed by atoms with Crippen LogP contribution in [0.5, 0.6) is 0 Å². The number of benzene rings is 1. The normalized spacial score (nSPS) is 24.4. The molecule has 0 amide bonds. The third kappa shape index (κ3) is 2.27. The molecule has 2 unspecified atom stereocenters. The molecule has 2 heterocycles. The molecule has 1 aromatic rings. The lowest BCUT2D eigenvalue weighted by molar-refractivity contribution is 0.573. The quantitative estimate of drug-likeness (QED) is 0.919. The first-order valence-corrected chi connectivity index (χ1v) is 7.31. The largest absolute Gasteiger partial charge is 0.364 e. The number of nitriles is 1. The van der Waals surface area contributed by atoms with Gasteiger partial charge in [0.25, 0.3) is 0 Å². The Morgan fingerprint density at radius 1 is 1.50 bits per heavy atom. The van der Waals surface area contributed by atoms with Gasteiger partial charge in [0.2, 0.25) is 0 Å². The molecule has 2 bridgehead atoms. The number of halogens is 1. The topological polar surface area (TPSA) is 39.1 Å². The van der Waals surface area contributed by atoms with Crippen molar-refractivity contribution in [3.63, 3.8) is 0 Å². The van der Waals surface area contributed by atoms with E-state index in [4.69, 9.17) is 0 Å². The van der Waals surface area contributed by atoms with Crippen LogP contribution in [-0.4, -0.2) is 25.2 Å². The molecule has 3 nitrogen and oxygen atoms in total. The summed E-state index contributed by atoms with van der Waals surface area (Å²) in [6.07, 6.45) is 1.94. The number of nitrogens with one attached hydrogen (secondary N) is 1. The Morgan fingerprint density at radius 3 is 2.85 bits per heavy atom. The molecule has 3 rings (SSSR count). The van der Waals surface area contributed by atoms with Crippen LogP contribution >= 0.6 is 0 Å². The van der Waals surface area contributed by atoms with Gasteiger partial charge in [-0.15, -0.1) is 0 Å². The van der Waals surface area contributed by atoms with Gasteiger partial charge in [-0.05, 0) is 36.5 Å². The third-order valence-electron chi connectivity index (χ3n) is 4.25. The highest BCUT2D eigenvalue weighted by atomic mass is 19.1. The number of piperazine rings is 1. The van der Waals surface area contributed by atoms with Crippen molar-refractivity contribution in [1.29, 1.82) is 5.26 Å². The molecule has 2 saturated heterocycles. The predicted octanol–water partition coefficient (Wildman–Crippen LogP) is 2.45. The molecule has 1 N–H and O–H groups in total. The number of anilines is 1. The molecule has 0 spiro atoms.